The van der Waals surface area contributed by atoms with Crippen molar-refractivity contribution in [2.75, 3.05) is 0 Å². The number of hydrogen-bond donors (Lipinski definition) is 2. The molecule has 2 aromatic rings. The van der Waals surface area contributed by atoms with Crippen LogP contribution >= 0.6 is 22.7 Å². The molecule has 2 heterocycles. The third kappa shape index (κ3) is 4.99. The van der Waals surface area contributed by atoms with Crippen LogP contribution in [0.1, 0.15) is 9.75 Å². The fourth-order valence-corrected chi connectivity index (χ4v) is 2.73. The molecule has 0 spiro atoms. The first-order chi connectivity index (χ1) is 9.74. The van der Waals surface area contributed by atoms with Gasteiger partial charge in [-0.1, -0.05) is 12.1 Å². The van der Waals surface area contributed by atoms with Gasteiger partial charge in [0.25, 0.3) is 0 Å². The first-order valence-electron chi connectivity index (χ1n) is 6.02. The van der Waals surface area contributed by atoms with Gasteiger partial charge in [0.2, 0.25) is 11.8 Å². The maximum absolute atomic E-state index is 11.5. The van der Waals surface area contributed by atoms with Crippen molar-refractivity contribution in [3.8, 4) is 0 Å². The molecule has 0 aliphatic rings. The second-order valence-electron chi connectivity index (χ2n) is 3.93. The summed E-state index contributed by atoms with van der Waals surface area (Å²) in [5.74, 6) is -0.547. The van der Waals surface area contributed by atoms with Gasteiger partial charge < -0.3 is 10.6 Å². The Morgan fingerprint density at radius 2 is 1.35 bits per heavy atom. The highest BCUT2D eigenvalue weighted by atomic mass is 32.1. The Labute approximate surface area is 125 Å². The molecule has 0 aliphatic heterocycles. The summed E-state index contributed by atoms with van der Waals surface area (Å²) in [4.78, 5) is 25.2. The SMILES string of the molecule is O=C(/C=C/C(=O)NCc1cccs1)NCc1cccs1. The summed E-state index contributed by atoms with van der Waals surface area (Å²) in [6.45, 7) is 0.968. The number of carbonyl (C=O) groups excluding carboxylic acids is 2. The molecule has 2 amide bonds. The molecule has 2 N–H and O–H groups in total. The largest absolute Gasteiger partial charge is 0.348 e. The van der Waals surface area contributed by atoms with Crippen molar-refractivity contribution in [1.29, 1.82) is 0 Å². The highest BCUT2D eigenvalue weighted by Crippen LogP contribution is 2.07. The van der Waals surface area contributed by atoms with E-state index in [1.807, 2.05) is 35.0 Å². The second-order valence-corrected chi connectivity index (χ2v) is 5.99. The summed E-state index contributed by atoms with van der Waals surface area (Å²) in [5, 5.41) is 9.34. The summed E-state index contributed by atoms with van der Waals surface area (Å²) in [6, 6.07) is 7.75. The second kappa shape index (κ2) is 7.62. The van der Waals surface area contributed by atoms with E-state index in [9.17, 15) is 9.59 Å². The van der Waals surface area contributed by atoms with Crippen molar-refractivity contribution in [2.24, 2.45) is 0 Å². The lowest BCUT2D eigenvalue weighted by atomic mass is 10.4. The maximum atomic E-state index is 11.5. The fraction of sp³-hybridized carbons (Fsp3) is 0.143. The van der Waals surface area contributed by atoms with Crippen molar-refractivity contribution in [2.45, 2.75) is 13.1 Å². The highest BCUT2D eigenvalue weighted by Gasteiger charge is 2.00. The topological polar surface area (TPSA) is 58.2 Å². The smallest absolute Gasteiger partial charge is 0.244 e. The van der Waals surface area contributed by atoms with Crippen molar-refractivity contribution in [3.63, 3.8) is 0 Å². The predicted molar refractivity (Wildman–Crippen MR) is 81.5 cm³/mol. The Morgan fingerprint density at radius 1 is 0.900 bits per heavy atom. The fourth-order valence-electron chi connectivity index (χ4n) is 1.44. The zero-order valence-corrected chi connectivity index (χ0v) is 12.3. The monoisotopic (exact) mass is 306 g/mol. The molecule has 0 fully saturated rings. The summed E-state index contributed by atoms with van der Waals surface area (Å²) >= 11 is 3.16. The lowest BCUT2D eigenvalue weighted by Crippen LogP contribution is -2.23. The number of amides is 2. The molecule has 0 aliphatic carbocycles. The van der Waals surface area contributed by atoms with E-state index in [0.717, 1.165) is 9.75 Å². The Hall–Kier alpha value is -1.92. The average Bonchev–Trinajstić information content (AvgIpc) is 3.13. The molecule has 2 rings (SSSR count). The zero-order chi connectivity index (χ0) is 14.2. The van der Waals surface area contributed by atoms with Crippen LogP contribution in [0.2, 0.25) is 0 Å². The van der Waals surface area contributed by atoms with Gasteiger partial charge in [-0.05, 0) is 22.9 Å². The summed E-state index contributed by atoms with van der Waals surface area (Å²) < 4.78 is 0. The first-order valence-corrected chi connectivity index (χ1v) is 7.78. The van der Waals surface area contributed by atoms with Crippen LogP contribution in [0.25, 0.3) is 0 Å². The standard InChI is InChI=1S/C14H14N2O2S2/c17-13(15-9-11-3-1-7-19-11)5-6-14(18)16-10-12-4-2-8-20-12/h1-8H,9-10H2,(H,15,17)(H,16,18)/b6-5+. The Kier molecular flexibility index (Phi) is 5.52. The van der Waals surface area contributed by atoms with Crippen LogP contribution in [-0.2, 0) is 22.7 Å². The Balaban J connectivity index is 1.68. The summed E-state index contributed by atoms with van der Waals surface area (Å²) in [6.07, 6.45) is 2.49. The van der Waals surface area contributed by atoms with E-state index in [1.165, 1.54) is 12.2 Å². The summed E-state index contributed by atoms with van der Waals surface area (Å²) in [7, 11) is 0. The Morgan fingerprint density at radius 3 is 1.70 bits per heavy atom. The van der Waals surface area contributed by atoms with Gasteiger partial charge in [-0.15, -0.1) is 22.7 Å². The molecule has 104 valence electrons. The molecule has 0 saturated heterocycles. The van der Waals surface area contributed by atoms with E-state index < -0.39 is 0 Å². The minimum atomic E-state index is -0.273. The van der Waals surface area contributed by atoms with Crippen LogP contribution < -0.4 is 10.6 Å². The van der Waals surface area contributed by atoms with Gasteiger partial charge in [-0.2, -0.15) is 0 Å². The molecule has 0 unspecified atom stereocenters. The minimum Gasteiger partial charge on any atom is -0.348 e. The van der Waals surface area contributed by atoms with Gasteiger partial charge in [0.05, 0.1) is 13.1 Å². The summed E-state index contributed by atoms with van der Waals surface area (Å²) in [5.41, 5.74) is 0. The van der Waals surface area contributed by atoms with Crippen molar-refractivity contribution < 1.29 is 9.59 Å². The van der Waals surface area contributed by atoms with Crippen LogP contribution in [-0.4, -0.2) is 11.8 Å². The molecule has 0 radical (unpaired) electrons. The molecule has 0 bridgehead atoms. The van der Waals surface area contributed by atoms with Crippen molar-refractivity contribution >= 4 is 34.5 Å². The van der Waals surface area contributed by atoms with Gasteiger partial charge in [-0.25, -0.2) is 0 Å². The number of carbonyl (C=O) groups is 2. The Bertz CT molecular complexity index is 522. The van der Waals surface area contributed by atoms with Gasteiger partial charge in [0.15, 0.2) is 0 Å². The molecule has 0 aromatic carbocycles. The van der Waals surface area contributed by atoms with Crippen LogP contribution in [0, 0.1) is 0 Å². The number of hydrogen-bond acceptors (Lipinski definition) is 4. The van der Waals surface area contributed by atoms with Crippen LogP contribution in [0.15, 0.2) is 47.2 Å². The van der Waals surface area contributed by atoms with Crippen LogP contribution in [0.5, 0.6) is 0 Å². The third-order valence-electron chi connectivity index (χ3n) is 2.42. The van der Waals surface area contributed by atoms with E-state index in [1.54, 1.807) is 22.7 Å². The average molecular weight is 306 g/mol. The molecular weight excluding hydrogens is 292 g/mol. The molecule has 20 heavy (non-hydrogen) atoms. The number of nitrogens with one attached hydrogen (secondary N) is 2. The lowest BCUT2D eigenvalue weighted by Gasteiger charge is -2.00. The van der Waals surface area contributed by atoms with Gasteiger partial charge in [-0.3, -0.25) is 9.59 Å². The number of thiophene rings is 2. The molecular formula is C14H14N2O2S2. The van der Waals surface area contributed by atoms with E-state index in [4.69, 9.17) is 0 Å². The highest BCUT2D eigenvalue weighted by molar-refractivity contribution is 7.10. The van der Waals surface area contributed by atoms with Crippen LogP contribution in [0.3, 0.4) is 0 Å². The van der Waals surface area contributed by atoms with Crippen molar-refractivity contribution in [3.05, 3.63) is 56.9 Å². The van der Waals surface area contributed by atoms with Crippen molar-refractivity contribution in [1.82, 2.24) is 10.6 Å². The quantitative estimate of drug-likeness (QED) is 0.805. The third-order valence-corrected chi connectivity index (χ3v) is 4.17. The van der Waals surface area contributed by atoms with E-state index in [2.05, 4.69) is 10.6 Å². The van der Waals surface area contributed by atoms with Gasteiger partial charge >= 0.3 is 0 Å². The normalized spacial score (nSPS) is 10.6. The van der Waals surface area contributed by atoms with E-state index in [0.29, 0.717) is 13.1 Å². The molecule has 6 heteroatoms. The molecule has 2 aromatic heterocycles. The molecule has 0 saturated carbocycles. The number of rotatable bonds is 6. The first kappa shape index (κ1) is 14.5. The van der Waals surface area contributed by atoms with E-state index >= 15 is 0 Å². The zero-order valence-electron chi connectivity index (χ0n) is 10.7. The lowest BCUT2D eigenvalue weighted by molar-refractivity contribution is -0.118. The van der Waals surface area contributed by atoms with Gasteiger partial charge in [0, 0.05) is 21.9 Å². The predicted octanol–water partition coefficient (Wildman–Crippen LogP) is 2.30. The van der Waals surface area contributed by atoms with Crippen LogP contribution in [0.4, 0.5) is 0 Å². The molecule has 4 nitrogen and oxygen atoms in total. The van der Waals surface area contributed by atoms with E-state index in [-0.39, 0.29) is 11.8 Å². The van der Waals surface area contributed by atoms with Gasteiger partial charge in [0.1, 0.15) is 0 Å². The maximum Gasteiger partial charge on any atom is 0.244 e. The minimum absolute atomic E-state index is 0.273. The molecule has 0 atom stereocenters.